The highest BCUT2D eigenvalue weighted by Crippen LogP contribution is 2.34. The Morgan fingerprint density at radius 2 is 2.17 bits per heavy atom. The summed E-state index contributed by atoms with van der Waals surface area (Å²) >= 11 is 8.78. The molecule has 0 aromatic carbocycles. The van der Waals surface area contributed by atoms with Crippen LogP contribution in [0.5, 0.6) is 0 Å². The number of nitrogens with zero attached hydrogens (tertiary/aromatic N) is 1. The minimum absolute atomic E-state index is 0.110. The van der Waals surface area contributed by atoms with Gasteiger partial charge in [-0.2, -0.15) is 0 Å². The van der Waals surface area contributed by atoms with Gasteiger partial charge in [0.05, 0.1) is 9.83 Å². The fourth-order valence-electron chi connectivity index (χ4n) is 3.68. The summed E-state index contributed by atoms with van der Waals surface area (Å²) in [6, 6.07) is 5.55. The van der Waals surface area contributed by atoms with Crippen molar-refractivity contribution in [1.82, 2.24) is 15.6 Å². The van der Waals surface area contributed by atoms with Crippen molar-refractivity contribution in [2.24, 2.45) is 11.8 Å². The summed E-state index contributed by atoms with van der Waals surface area (Å²) in [5, 5.41) is 6.25. The Labute approximate surface area is 197 Å². The Morgan fingerprint density at radius 3 is 2.83 bits per heavy atom. The van der Waals surface area contributed by atoms with Crippen LogP contribution >= 0.6 is 43.2 Å². The lowest BCUT2D eigenvalue weighted by Crippen LogP contribution is -2.35. The highest BCUT2D eigenvalue weighted by atomic mass is 79.9. The summed E-state index contributed by atoms with van der Waals surface area (Å²) in [5.74, 6) is 0.510. The molecule has 0 bridgehead atoms. The number of nitrogen functional groups attached to an aromatic ring is 1. The Balaban J connectivity index is 1.45. The number of pyridine rings is 1. The Hall–Kier alpha value is -1.29. The molecule has 2 aromatic heterocycles. The average Bonchev–Trinajstić information content (AvgIpc) is 3.27. The van der Waals surface area contributed by atoms with Crippen LogP contribution in [0.25, 0.3) is 0 Å². The molecule has 3 rings (SSSR count). The molecule has 162 valence electrons. The first-order chi connectivity index (χ1) is 14.2. The minimum atomic E-state index is -0.371. The van der Waals surface area contributed by atoms with E-state index in [0.717, 1.165) is 38.9 Å². The Kier molecular flexibility index (Phi) is 8.06. The SMILES string of the molecule is Cc1nc(N)ccc1CNC(=O)[C@H](C)CC(=O)[C@H]1C[C@H](Cc2cc(Br)c(Br)s2)CN1. The molecule has 0 saturated carbocycles. The predicted molar refractivity (Wildman–Crippen MR) is 127 cm³/mol. The molecule has 9 heteroatoms. The van der Waals surface area contributed by atoms with E-state index in [0.29, 0.717) is 18.3 Å². The van der Waals surface area contributed by atoms with Crippen LogP contribution in [0.2, 0.25) is 0 Å². The van der Waals surface area contributed by atoms with E-state index in [1.807, 2.05) is 13.0 Å². The number of thiophene rings is 1. The lowest BCUT2D eigenvalue weighted by Gasteiger charge is -2.15. The molecule has 0 unspecified atom stereocenters. The van der Waals surface area contributed by atoms with E-state index in [4.69, 9.17) is 5.73 Å². The van der Waals surface area contributed by atoms with Gasteiger partial charge in [-0.05, 0) is 81.8 Å². The van der Waals surface area contributed by atoms with Crippen LogP contribution in [0.3, 0.4) is 0 Å². The number of rotatable bonds is 8. The predicted octanol–water partition coefficient (Wildman–Crippen LogP) is 3.99. The van der Waals surface area contributed by atoms with E-state index in [-0.39, 0.29) is 30.1 Å². The molecule has 0 aliphatic carbocycles. The molecule has 1 aliphatic rings. The van der Waals surface area contributed by atoms with Gasteiger partial charge in [0, 0.05) is 33.9 Å². The molecule has 30 heavy (non-hydrogen) atoms. The van der Waals surface area contributed by atoms with E-state index in [1.165, 1.54) is 4.88 Å². The first-order valence-electron chi connectivity index (χ1n) is 9.92. The van der Waals surface area contributed by atoms with Gasteiger partial charge in [0.15, 0.2) is 5.78 Å². The first-order valence-corrected chi connectivity index (χ1v) is 12.3. The van der Waals surface area contributed by atoms with E-state index in [2.05, 4.69) is 53.5 Å². The zero-order valence-electron chi connectivity index (χ0n) is 17.0. The second-order valence-electron chi connectivity index (χ2n) is 7.87. The standard InChI is InChI=1S/C21H26Br2N4O2S/c1-11(21(29)26-10-14-3-4-19(24)27-12(14)2)5-18(28)17-7-13(9-25-17)6-15-8-16(22)20(23)30-15/h3-4,8,11,13,17,25H,5-7,9-10H2,1-2H3,(H2,24,27)(H,26,29)/t11-,13+,17-/m1/s1. The van der Waals surface area contributed by atoms with Gasteiger partial charge in [-0.1, -0.05) is 13.0 Å². The maximum atomic E-state index is 12.7. The van der Waals surface area contributed by atoms with Gasteiger partial charge in [0.2, 0.25) is 5.91 Å². The highest BCUT2D eigenvalue weighted by Gasteiger charge is 2.31. The topological polar surface area (TPSA) is 97.1 Å². The highest BCUT2D eigenvalue weighted by molar-refractivity contribution is 9.13. The van der Waals surface area contributed by atoms with Gasteiger partial charge in [-0.15, -0.1) is 11.3 Å². The quantitative estimate of drug-likeness (QED) is 0.456. The van der Waals surface area contributed by atoms with Crippen LogP contribution in [-0.2, 0) is 22.6 Å². The molecule has 3 heterocycles. The summed E-state index contributed by atoms with van der Waals surface area (Å²) in [4.78, 5) is 30.7. The number of carbonyl (C=O) groups excluding carboxylic acids is 2. The van der Waals surface area contributed by atoms with Crippen molar-refractivity contribution in [3.05, 3.63) is 42.6 Å². The molecule has 4 N–H and O–H groups in total. The molecule has 2 aromatic rings. The number of aromatic nitrogens is 1. The van der Waals surface area contributed by atoms with Crippen molar-refractivity contribution < 1.29 is 9.59 Å². The van der Waals surface area contributed by atoms with Gasteiger partial charge in [0.25, 0.3) is 0 Å². The molecular weight excluding hydrogens is 532 g/mol. The number of anilines is 1. The van der Waals surface area contributed by atoms with Crippen LogP contribution in [0.4, 0.5) is 5.82 Å². The third kappa shape index (κ3) is 6.12. The first kappa shape index (κ1) is 23.4. The lowest BCUT2D eigenvalue weighted by atomic mass is 9.94. The summed E-state index contributed by atoms with van der Waals surface area (Å²) in [6.07, 6.45) is 2.01. The summed E-state index contributed by atoms with van der Waals surface area (Å²) in [7, 11) is 0. The van der Waals surface area contributed by atoms with Gasteiger partial charge >= 0.3 is 0 Å². The number of halogens is 2. The maximum Gasteiger partial charge on any atom is 0.223 e. The van der Waals surface area contributed by atoms with E-state index < -0.39 is 0 Å². The molecule has 1 amide bonds. The van der Waals surface area contributed by atoms with Crippen LogP contribution in [0, 0.1) is 18.8 Å². The van der Waals surface area contributed by atoms with E-state index in [9.17, 15) is 9.59 Å². The number of amides is 1. The fraction of sp³-hybridized carbons (Fsp3) is 0.476. The number of Topliss-reactive ketones (excluding diaryl/α,β-unsaturated/α-hetero) is 1. The third-order valence-corrected chi connectivity index (χ3v) is 8.70. The van der Waals surface area contributed by atoms with E-state index in [1.54, 1.807) is 24.3 Å². The molecular formula is C21H26Br2N4O2S. The van der Waals surface area contributed by atoms with Crippen LogP contribution < -0.4 is 16.4 Å². The molecule has 6 nitrogen and oxygen atoms in total. The number of aryl methyl sites for hydroxylation is 1. The second kappa shape index (κ2) is 10.3. The monoisotopic (exact) mass is 556 g/mol. The van der Waals surface area contributed by atoms with Crippen molar-refractivity contribution in [3.8, 4) is 0 Å². The van der Waals surface area contributed by atoms with Crippen molar-refractivity contribution in [3.63, 3.8) is 0 Å². The van der Waals surface area contributed by atoms with Crippen molar-refractivity contribution >= 4 is 60.7 Å². The molecule has 0 spiro atoms. The van der Waals surface area contributed by atoms with Gasteiger partial charge in [0.1, 0.15) is 5.82 Å². The van der Waals surface area contributed by atoms with Crippen molar-refractivity contribution in [1.29, 1.82) is 0 Å². The number of nitrogens with one attached hydrogen (secondary N) is 2. The summed E-state index contributed by atoms with van der Waals surface area (Å²) < 4.78 is 2.17. The number of hydrogen-bond donors (Lipinski definition) is 3. The molecule has 1 aliphatic heterocycles. The third-order valence-electron chi connectivity index (χ3n) is 5.42. The molecule has 0 radical (unpaired) electrons. The molecule has 1 fully saturated rings. The zero-order chi connectivity index (χ0) is 21.8. The number of hydrogen-bond acceptors (Lipinski definition) is 6. The molecule has 3 atom stereocenters. The molecule has 1 saturated heterocycles. The minimum Gasteiger partial charge on any atom is -0.384 e. The van der Waals surface area contributed by atoms with Crippen LogP contribution in [0.15, 0.2) is 26.5 Å². The Bertz CT molecular complexity index is 914. The van der Waals surface area contributed by atoms with E-state index >= 15 is 0 Å². The normalized spacial score (nSPS) is 19.6. The lowest BCUT2D eigenvalue weighted by molar-refractivity contribution is -0.129. The largest absolute Gasteiger partial charge is 0.384 e. The fourth-order valence-corrected chi connectivity index (χ4v) is 5.97. The average molecular weight is 558 g/mol. The summed E-state index contributed by atoms with van der Waals surface area (Å²) in [5.41, 5.74) is 7.38. The zero-order valence-corrected chi connectivity index (χ0v) is 21.0. The smallest absolute Gasteiger partial charge is 0.223 e. The Morgan fingerprint density at radius 1 is 1.40 bits per heavy atom. The van der Waals surface area contributed by atoms with Gasteiger partial charge in [-0.25, -0.2) is 4.98 Å². The van der Waals surface area contributed by atoms with Crippen LogP contribution in [0.1, 0.15) is 35.9 Å². The second-order valence-corrected chi connectivity index (χ2v) is 11.2. The van der Waals surface area contributed by atoms with Crippen molar-refractivity contribution in [2.75, 3.05) is 12.3 Å². The van der Waals surface area contributed by atoms with Gasteiger partial charge < -0.3 is 16.4 Å². The maximum absolute atomic E-state index is 12.7. The number of ketones is 1. The van der Waals surface area contributed by atoms with Crippen molar-refractivity contribution in [2.45, 2.75) is 45.7 Å². The van der Waals surface area contributed by atoms with Crippen LogP contribution in [-0.4, -0.2) is 29.3 Å². The summed E-state index contributed by atoms with van der Waals surface area (Å²) in [6.45, 7) is 4.87. The number of carbonyl (C=O) groups is 2. The number of nitrogens with two attached hydrogens (primary N) is 1. The van der Waals surface area contributed by atoms with Gasteiger partial charge in [-0.3, -0.25) is 9.59 Å².